The van der Waals surface area contributed by atoms with Gasteiger partial charge in [-0.3, -0.25) is 0 Å². The molecule has 1 unspecified atom stereocenters. The molecule has 3 N–H and O–H groups in total. The minimum Gasteiger partial charge on any atom is -0.495 e. The maximum Gasteiger partial charge on any atom is 0.244 e. The number of benzene rings is 1. The molecule has 0 saturated carbocycles. The van der Waals surface area contributed by atoms with Crippen LogP contribution in [0.15, 0.2) is 21.5 Å². The zero-order valence-corrected chi connectivity index (χ0v) is 16.4. The van der Waals surface area contributed by atoms with Gasteiger partial charge in [0.1, 0.15) is 10.6 Å². The molecule has 0 heterocycles. The summed E-state index contributed by atoms with van der Waals surface area (Å²) in [6.45, 7) is 6.19. The van der Waals surface area contributed by atoms with Crippen LogP contribution in [0.1, 0.15) is 25.8 Å². The first-order valence-corrected chi connectivity index (χ1v) is 9.05. The summed E-state index contributed by atoms with van der Waals surface area (Å²) >= 11 is 3.35. The Morgan fingerprint density at radius 2 is 1.95 bits per heavy atom. The first-order chi connectivity index (χ1) is 9.71. The average molecular weight is 416 g/mol. The number of sulfonamides is 1. The molecule has 5 nitrogen and oxygen atoms in total. The van der Waals surface area contributed by atoms with E-state index in [4.69, 9.17) is 10.5 Å². The van der Waals surface area contributed by atoms with Crippen LogP contribution >= 0.6 is 28.3 Å². The molecule has 1 aromatic carbocycles. The van der Waals surface area contributed by atoms with Crippen LogP contribution in [0.3, 0.4) is 0 Å². The van der Waals surface area contributed by atoms with Crippen molar-refractivity contribution in [1.29, 1.82) is 0 Å². The van der Waals surface area contributed by atoms with Crippen LogP contribution in [0.25, 0.3) is 0 Å². The molecule has 0 aliphatic rings. The van der Waals surface area contributed by atoms with E-state index < -0.39 is 10.0 Å². The number of rotatable bonds is 7. The highest BCUT2D eigenvalue weighted by Gasteiger charge is 2.24. The summed E-state index contributed by atoms with van der Waals surface area (Å²) in [7, 11) is -2.23. The highest BCUT2D eigenvalue weighted by Crippen LogP contribution is 2.30. The van der Waals surface area contributed by atoms with Crippen molar-refractivity contribution < 1.29 is 13.2 Å². The van der Waals surface area contributed by atoms with Crippen LogP contribution in [0.5, 0.6) is 5.75 Å². The molecule has 1 rings (SSSR count). The Morgan fingerprint density at radius 1 is 1.36 bits per heavy atom. The molecule has 22 heavy (non-hydrogen) atoms. The molecule has 0 bridgehead atoms. The average Bonchev–Trinajstić information content (AvgIpc) is 2.39. The fraction of sp³-hybridized carbons (Fsp3) is 0.571. The molecule has 0 aromatic heterocycles. The molecular weight excluding hydrogens is 392 g/mol. The van der Waals surface area contributed by atoms with Crippen molar-refractivity contribution in [2.24, 2.45) is 11.7 Å². The maximum atomic E-state index is 12.6. The molecule has 0 radical (unpaired) electrons. The Hall–Kier alpha value is -0.340. The Labute approximate surface area is 147 Å². The second-order valence-corrected chi connectivity index (χ2v) is 7.97. The third-order valence-electron chi connectivity index (χ3n) is 3.10. The number of ether oxygens (including phenoxy) is 1. The monoisotopic (exact) mass is 414 g/mol. The van der Waals surface area contributed by atoms with Gasteiger partial charge in [0.25, 0.3) is 0 Å². The molecule has 1 atom stereocenters. The van der Waals surface area contributed by atoms with Gasteiger partial charge in [-0.15, -0.1) is 12.4 Å². The summed E-state index contributed by atoms with van der Waals surface area (Å²) in [6, 6.07) is 2.96. The Balaban J connectivity index is 0.00000441. The van der Waals surface area contributed by atoms with Gasteiger partial charge in [-0.05, 0) is 37.0 Å². The maximum absolute atomic E-state index is 12.6. The van der Waals surface area contributed by atoms with E-state index in [0.717, 1.165) is 10.0 Å². The van der Waals surface area contributed by atoms with Crippen LogP contribution in [-0.2, 0) is 10.0 Å². The zero-order chi connectivity index (χ0) is 16.2. The van der Waals surface area contributed by atoms with E-state index in [1.807, 2.05) is 20.8 Å². The van der Waals surface area contributed by atoms with E-state index in [1.54, 1.807) is 12.1 Å². The molecule has 0 amide bonds. The Morgan fingerprint density at radius 3 is 2.41 bits per heavy atom. The SMILES string of the molecule is COc1cc(C)c(Br)cc1S(=O)(=O)NC(CN)CC(C)C.Cl. The molecule has 0 spiro atoms. The summed E-state index contributed by atoms with van der Waals surface area (Å²) < 4.78 is 33.7. The van der Waals surface area contributed by atoms with Crippen LogP contribution in [-0.4, -0.2) is 28.1 Å². The third kappa shape index (κ3) is 5.70. The molecule has 8 heteroatoms. The second-order valence-electron chi connectivity index (χ2n) is 5.44. The lowest BCUT2D eigenvalue weighted by atomic mass is 10.1. The fourth-order valence-corrected chi connectivity index (χ4v) is 3.98. The van der Waals surface area contributed by atoms with Gasteiger partial charge >= 0.3 is 0 Å². The normalized spacial score (nSPS) is 12.9. The van der Waals surface area contributed by atoms with E-state index in [0.29, 0.717) is 18.1 Å². The number of nitrogens with one attached hydrogen (secondary N) is 1. The first kappa shape index (κ1) is 21.7. The number of hydrogen-bond acceptors (Lipinski definition) is 4. The van der Waals surface area contributed by atoms with Crippen molar-refractivity contribution in [2.75, 3.05) is 13.7 Å². The predicted octanol–water partition coefficient (Wildman–Crippen LogP) is 2.84. The standard InChI is InChI=1S/C14H23BrN2O3S.ClH/c1-9(2)5-11(8-16)17-21(18,19)14-7-12(15)10(3)6-13(14)20-4;/h6-7,9,11,17H,5,8,16H2,1-4H3;1H. The highest BCUT2D eigenvalue weighted by atomic mass is 79.9. The van der Waals surface area contributed by atoms with Gasteiger partial charge in [-0.25, -0.2) is 13.1 Å². The van der Waals surface area contributed by atoms with Gasteiger partial charge in [0.15, 0.2) is 0 Å². The lowest BCUT2D eigenvalue weighted by Gasteiger charge is -2.20. The quantitative estimate of drug-likeness (QED) is 0.717. The topological polar surface area (TPSA) is 81.4 Å². The molecule has 0 fully saturated rings. The lowest BCUT2D eigenvalue weighted by molar-refractivity contribution is 0.400. The van der Waals surface area contributed by atoms with Crippen LogP contribution in [0.4, 0.5) is 0 Å². The minimum atomic E-state index is -3.68. The molecule has 128 valence electrons. The summed E-state index contributed by atoms with van der Waals surface area (Å²) in [6.07, 6.45) is 0.686. The van der Waals surface area contributed by atoms with E-state index >= 15 is 0 Å². The molecule has 1 aromatic rings. The largest absolute Gasteiger partial charge is 0.495 e. The van der Waals surface area contributed by atoms with Crippen molar-refractivity contribution >= 4 is 38.4 Å². The fourth-order valence-electron chi connectivity index (χ4n) is 2.05. The number of nitrogens with two attached hydrogens (primary N) is 1. The Kier molecular flexibility index (Phi) is 8.94. The second kappa shape index (κ2) is 9.08. The Bertz CT molecular complexity index is 594. The highest BCUT2D eigenvalue weighted by molar-refractivity contribution is 9.10. The molecule has 0 aliphatic carbocycles. The summed E-state index contributed by atoms with van der Waals surface area (Å²) in [5, 5.41) is 0. The zero-order valence-electron chi connectivity index (χ0n) is 13.2. The van der Waals surface area contributed by atoms with E-state index in [1.165, 1.54) is 7.11 Å². The summed E-state index contributed by atoms with van der Waals surface area (Å²) in [5.41, 5.74) is 6.57. The number of methoxy groups -OCH3 is 1. The van der Waals surface area contributed by atoms with E-state index in [9.17, 15) is 8.42 Å². The van der Waals surface area contributed by atoms with Crippen LogP contribution in [0.2, 0.25) is 0 Å². The van der Waals surface area contributed by atoms with Crippen molar-refractivity contribution in [1.82, 2.24) is 4.72 Å². The minimum absolute atomic E-state index is 0. The van der Waals surface area contributed by atoms with Crippen molar-refractivity contribution in [3.8, 4) is 5.75 Å². The van der Waals surface area contributed by atoms with Crippen molar-refractivity contribution in [3.63, 3.8) is 0 Å². The van der Waals surface area contributed by atoms with Gasteiger partial charge in [0.05, 0.1) is 7.11 Å². The lowest BCUT2D eigenvalue weighted by Crippen LogP contribution is -2.41. The van der Waals surface area contributed by atoms with Crippen LogP contribution in [0, 0.1) is 12.8 Å². The van der Waals surface area contributed by atoms with Gasteiger partial charge in [0, 0.05) is 17.1 Å². The number of halogens is 2. The van der Waals surface area contributed by atoms with Crippen LogP contribution < -0.4 is 15.2 Å². The molecule has 0 saturated heterocycles. The molecular formula is C14H24BrClN2O3S. The van der Waals surface area contributed by atoms with Gasteiger partial charge in [-0.2, -0.15) is 0 Å². The number of hydrogen-bond donors (Lipinski definition) is 2. The number of aryl methyl sites for hydroxylation is 1. The van der Waals surface area contributed by atoms with E-state index in [2.05, 4.69) is 20.7 Å². The van der Waals surface area contributed by atoms with Gasteiger partial charge in [0.2, 0.25) is 10.0 Å². The smallest absolute Gasteiger partial charge is 0.244 e. The third-order valence-corrected chi connectivity index (χ3v) is 5.49. The predicted molar refractivity (Wildman–Crippen MR) is 95.3 cm³/mol. The van der Waals surface area contributed by atoms with Crippen molar-refractivity contribution in [2.45, 2.75) is 38.1 Å². The van der Waals surface area contributed by atoms with Gasteiger partial charge in [-0.1, -0.05) is 29.8 Å². The summed E-state index contributed by atoms with van der Waals surface area (Å²) in [4.78, 5) is 0.115. The van der Waals surface area contributed by atoms with Crippen molar-refractivity contribution in [3.05, 3.63) is 22.2 Å². The van der Waals surface area contributed by atoms with Gasteiger partial charge < -0.3 is 10.5 Å². The van der Waals surface area contributed by atoms with E-state index in [-0.39, 0.29) is 29.9 Å². The summed E-state index contributed by atoms with van der Waals surface area (Å²) in [5.74, 6) is 0.677. The molecule has 0 aliphatic heterocycles. The first-order valence-electron chi connectivity index (χ1n) is 6.77.